The second-order valence-corrected chi connectivity index (χ2v) is 9.07. The minimum absolute atomic E-state index is 0.0520. The first-order valence-electron chi connectivity index (χ1n) is 10.1. The zero-order chi connectivity index (χ0) is 22.6. The molecule has 0 saturated carbocycles. The Morgan fingerprint density at radius 3 is 2.69 bits per heavy atom. The Kier molecular flexibility index (Phi) is 6.59. The number of para-hydroxylation sites is 1. The van der Waals surface area contributed by atoms with Gasteiger partial charge in [0, 0.05) is 24.6 Å². The van der Waals surface area contributed by atoms with E-state index in [0.29, 0.717) is 49.0 Å². The molecule has 2 aromatic carbocycles. The highest BCUT2D eigenvalue weighted by Crippen LogP contribution is 2.29. The molecule has 4 rings (SSSR count). The number of rotatable bonds is 7. The first-order chi connectivity index (χ1) is 15.5. The number of esters is 1. The highest BCUT2D eigenvalue weighted by molar-refractivity contribution is 7.89. The molecule has 0 aliphatic carbocycles. The van der Waals surface area contributed by atoms with Crippen molar-refractivity contribution in [2.24, 2.45) is 0 Å². The third kappa shape index (κ3) is 4.85. The zero-order valence-electron chi connectivity index (χ0n) is 17.5. The second-order valence-electron chi connectivity index (χ2n) is 7.13. The molecule has 3 aromatic rings. The van der Waals surface area contributed by atoms with Crippen molar-refractivity contribution in [1.29, 1.82) is 0 Å². The number of ether oxygens (including phenoxy) is 3. The van der Waals surface area contributed by atoms with Gasteiger partial charge in [-0.15, -0.1) is 0 Å². The van der Waals surface area contributed by atoms with Gasteiger partial charge in [-0.1, -0.05) is 24.3 Å². The molecule has 0 amide bonds. The van der Waals surface area contributed by atoms with Crippen molar-refractivity contribution in [2.75, 3.05) is 33.4 Å². The Hall–Kier alpha value is -3.14. The average Bonchev–Trinajstić information content (AvgIpc) is 3.25. The fraction of sp³-hybridized carbons (Fsp3) is 0.261. The topological polar surface area (TPSA) is 95.3 Å². The second kappa shape index (κ2) is 9.56. The predicted octanol–water partition coefficient (Wildman–Crippen LogP) is 3.22. The van der Waals surface area contributed by atoms with Gasteiger partial charge in [-0.05, 0) is 35.9 Å². The SMILES string of the molecule is COc1cccc2cc(/C=C/C(=O)OCc3cccc(S(=O)(=O)N4CCOCC4)c3)oc12. The van der Waals surface area contributed by atoms with Crippen molar-refractivity contribution in [2.45, 2.75) is 11.5 Å². The van der Waals surface area contributed by atoms with E-state index in [1.54, 1.807) is 31.4 Å². The van der Waals surface area contributed by atoms with Crippen LogP contribution in [0.5, 0.6) is 5.75 Å². The number of benzene rings is 2. The van der Waals surface area contributed by atoms with E-state index in [9.17, 15) is 13.2 Å². The lowest BCUT2D eigenvalue weighted by Crippen LogP contribution is -2.40. The summed E-state index contributed by atoms with van der Waals surface area (Å²) >= 11 is 0. The number of furan rings is 1. The summed E-state index contributed by atoms with van der Waals surface area (Å²) in [5.74, 6) is 0.524. The van der Waals surface area contributed by atoms with Gasteiger partial charge in [-0.3, -0.25) is 0 Å². The van der Waals surface area contributed by atoms with Crippen LogP contribution >= 0.6 is 0 Å². The monoisotopic (exact) mass is 457 g/mol. The predicted molar refractivity (Wildman–Crippen MR) is 118 cm³/mol. The van der Waals surface area contributed by atoms with Crippen molar-refractivity contribution in [3.8, 4) is 5.75 Å². The summed E-state index contributed by atoms with van der Waals surface area (Å²) in [7, 11) is -2.05. The molecule has 0 atom stereocenters. The van der Waals surface area contributed by atoms with Crippen LogP contribution in [-0.2, 0) is 30.9 Å². The maximum absolute atomic E-state index is 12.8. The van der Waals surface area contributed by atoms with Crippen molar-refractivity contribution in [3.63, 3.8) is 0 Å². The van der Waals surface area contributed by atoms with E-state index >= 15 is 0 Å². The van der Waals surface area contributed by atoms with E-state index in [-0.39, 0.29) is 11.5 Å². The summed E-state index contributed by atoms with van der Waals surface area (Å²) < 4.78 is 48.4. The molecular formula is C23H23NO7S. The van der Waals surface area contributed by atoms with Gasteiger partial charge < -0.3 is 18.6 Å². The number of carbonyl (C=O) groups excluding carboxylic acids is 1. The number of morpholine rings is 1. The molecule has 0 spiro atoms. The van der Waals surface area contributed by atoms with E-state index in [1.807, 2.05) is 12.1 Å². The molecule has 8 nitrogen and oxygen atoms in total. The molecule has 1 saturated heterocycles. The number of hydrogen-bond donors (Lipinski definition) is 0. The van der Waals surface area contributed by atoms with Gasteiger partial charge in [0.1, 0.15) is 12.4 Å². The van der Waals surface area contributed by atoms with E-state index < -0.39 is 16.0 Å². The Labute approximate surface area is 186 Å². The summed E-state index contributed by atoms with van der Waals surface area (Å²) in [6.45, 7) is 1.34. The molecule has 0 radical (unpaired) electrons. The first-order valence-corrected chi connectivity index (χ1v) is 11.5. The van der Waals surface area contributed by atoms with Crippen LogP contribution < -0.4 is 4.74 Å². The van der Waals surface area contributed by atoms with Crippen molar-refractivity contribution in [1.82, 2.24) is 4.31 Å². The van der Waals surface area contributed by atoms with E-state index in [1.165, 1.54) is 28.6 Å². The van der Waals surface area contributed by atoms with Crippen LogP contribution in [0.1, 0.15) is 11.3 Å². The molecule has 32 heavy (non-hydrogen) atoms. The van der Waals surface area contributed by atoms with Crippen LogP contribution in [0.2, 0.25) is 0 Å². The molecule has 1 fully saturated rings. The third-order valence-corrected chi connectivity index (χ3v) is 6.91. The van der Waals surface area contributed by atoms with E-state index in [0.717, 1.165) is 5.39 Å². The lowest BCUT2D eigenvalue weighted by atomic mass is 10.2. The Balaban J connectivity index is 1.39. The largest absolute Gasteiger partial charge is 0.493 e. The maximum atomic E-state index is 12.8. The minimum atomic E-state index is -3.61. The van der Waals surface area contributed by atoms with Crippen LogP contribution in [0.3, 0.4) is 0 Å². The normalized spacial score (nSPS) is 15.3. The number of methoxy groups -OCH3 is 1. The number of carbonyl (C=O) groups is 1. The number of sulfonamides is 1. The summed E-state index contributed by atoms with van der Waals surface area (Å²) in [5.41, 5.74) is 1.18. The number of hydrogen-bond acceptors (Lipinski definition) is 7. The molecule has 0 unspecified atom stereocenters. The van der Waals surface area contributed by atoms with Gasteiger partial charge >= 0.3 is 5.97 Å². The molecule has 2 heterocycles. The van der Waals surface area contributed by atoms with Gasteiger partial charge in [0.05, 0.1) is 25.2 Å². The van der Waals surface area contributed by atoms with Crippen LogP contribution in [0.25, 0.3) is 17.0 Å². The van der Waals surface area contributed by atoms with Gasteiger partial charge in [0.15, 0.2) is 11.3 Å². The quantitative estimate of drug-likeness (QED) is 0.397. The fourth-order valence-corrected chi connectivity index (χ4v) is 4.86. The molecular weight excluding hydrogens is 434 g/mol. The Morgan fingerprint density at radius 2 is 1.91 bits per heavy atom. The third-order valence-electron chi connectivity index (χ3n) is 5.02. The lowest BCUT2D eigenvalue weighted by Gasteiger charge is -2.26. The maximum Gasteiger partial charge on any atom is 0.331 e. The Bertz CT molecular complexity index is 1240. The molecule has 1 aliphatic rings. The van der Waals surface area contributed by atoms with Crippen LogP contribution in [0.4, 0.5) is 0 Å². The van der Waals surface area contributed by atoms with Crippen LogP contribution in [-0.4, -0.2) is 52.1 Å². The highest BCUT2D eigenvalue weighted by Gasteiger charge is 2.26. The molecule has 9 heteroatoms. The van der Waals surface area contributed by atoms with Crippen molar-refractivity contribution < 1.29 is 31.8 Å². The van der Waals surface area contributed by atoms with Gasteiger partial charge in [0.25, 0.3) is 0 Å². The molecule has 168 valence electrons. The molecule has 0 bridgehead atoms. The summed E-state index contributed by atoms with van der Waals surface area (Å²) in [5, 5.41) is 0.857. The summed E-state index contributed by atoms with van der Waals surface area (Å²) in [6.07, 6.45) is 2.78. The van der Waals surface area contributed by atoms with Gasteiger partial charge in [-0.2, -0.15) is 4.31 Å². The van der Waals surface area contributed by atoms with Crippen LogP contribution in [0.15, 0.2) is 63.9 Å². The number of fused-ring (bicyclic) bond motifs is 1. The average molecular weight is 458 g/mol. The molecule has 1 aromatic heterocycles. The zero-order valence-corrected chi connectivity index (χ0v) is 18.3. The van der Waals surface area contributed by atoms with E-state index in [4.69, 9.17) is 18.6 Å². The Morgan fingerprint density at radius 1 is 1.12 bits per heavy atom. The van der Waals surface area contributed by atoms with Crippen LogP contribution in [0, 0.1) is 0 Å². The lowest BCUT2D eigenvalue weighted by molar-refractivity contribution is -0.138. The fourth-order valence-electron chi connectivity index (χ4n) is 3.38. The summed E-state index contributed by atoms with van der Waals surface area (Å²) in [6, 6.07) is 13.7. The highest BCUT2D eigenvalue weighted by atomic mass is 32.2. The van der Waals surface area contributed by atoms with Crippen molar-refractivity contribution >= 4 is 33.0 Å². The van der Waals surface area contributed by atoms with Gasteiger partial charge in [-0.25, -0.2) is 13.2 Å². The summed E-state index contributed by atoms with van der Waals surface area (Å²) in [4.78, 5) is 12.3. The smallest absolute Gasteiger partial charge is 0.331 e. The molecule has 0 N–H and O–H groups in total. The van der Waals surface area contributed by atoms with Crippen molar-refractivity contribution in [3.05, 3.63) is 65.9 Å². The first kappa shape index (κ1) is 22.1. The van der Waals surface area contributed by atoms with E-state index in [2.05, 4.69) is 0 Å². The standard InChI is InChI=1S/C23H23NO7S/c1-28-21-7-3-5-18-15-19(31-23(18)21)8-9-22(25)30-16-17-4-2-6-20(14-17)32(26,27)24-10-12-29-13-11-24/h2-9,14-15H,10-13,16H2,1H3/b9-8+. The number of nitrogens with zero attached hydrogens (tertiary/aromatic N) is 1. The van der Waals surface area contributed by atoms with Gasteiger partial charge in [0.2, 0.25) is 10.0 Å². The molecule has 1 aliphatic heterocycles. The minimum Gasteiger partial charge on any atom is -0.493 e.